The zero-order valence-electron chi connectivity index (χ0n) is 21.9. The molecule has 0 unspecified atom stereocenters. The molecule has 5 aromatic rings. The summed E-state index contributed by atoms with van der Waals surface area (Å²) in [6.07, 6.45) is 13.5. The summed E-state index contributed by atoms with van der Waals surface area (Å²) in [4.78, 5) is 0. The minimum absolute atomic E-state index is 0.844. The lowest BCUT2D eigenvalue weighted by molar-refractivity contribution is 1.22. The van der Waals surface area contributed by atoms with Crippen LogP contribution < -0.4 is 10.4 Å². The molecule has 5 aromatic carbocycles. The van der Waals surface area contributed by atoms with Gasteiger partial charge in [-0.1, -0.05) is 158 Å². The van der Waals surface area contributed by atoms with E-state index in [4.69, 9.17) is 0 Å². The number of hydrogen-bond donors (Lipinski definition) is 0. The fraction of sp³-hybridized carbons (Fsp3) is 0.0256. The first-order valence-electron chi connectivity index (χ1n) is 13.4. The standard InChI is InChI=1S/C39H30/c1-2-3-5-19-33-28-38(35-20-11-10-17-31(35)24-23-29-14-6-4-7-15-29)36-21-12-13-22-37(36)39(33)34-26-25-30-16-8-9-18-32(30)27-34/h2-27H,1,28H2/b5-3-,24-23+,33-19+. The average molecular weight is 499 g/mol. The molecule has 0 amide bonds. The maximum absolute atomic E-state index is 3.87. The Morgan fingerprint density at radius 2 is 1.31 bits per heavy atom. The summed E-state index contributed by atoms with van der Waals surface area (Å²) in [7, 11) is 0. The summed E-state index contributed by atoms with van der Waals surface area (Å²) in [5, 5.41) is 5.08. The second-order valence-corrected chi connectivity index (χ2v) is 9.78. The van der Waals surface area contributed by atoms with E-state index in [9.17, 15) is 0 Å². The van der Waals surface area contributed by atoms with Gasteiger partial charge >= 0.3 is 0 Å². The Labute approximate surface area is 230 Å². The SMILES string of the molecule is C=C/C=C\C=C1/CC(c2ccccc2/C=C/c2ccccc2)=c2ccccc2=C1c1ccc2ccccc2c1. The van der Waals surface area contributed by atoms with E-state index in [1.807, 2.05) is 12.2 Å². The Bertz CT molecular complexity index is 1880. The molecule has 1 aliphatic carbocycles. The molecule has 0 aromatic heterocycles. The van der Waals surface area contributed by atoms with Crippen molar-refractivity contribution < 1.29 is 0 Å². The molecule has 0 bridgehead atoms. The number of rotatable bonds is 6. The molecule has 0 fully saturated rings. The van der Waals surface area contributed by atoms with Gasteiger partial charge in [0.15, 0.2) is 0 Å². The summed E-state index contributed by atoms with van der Waals surface area (Å²) in [6.45, 7) is 3.87. The normalized spacial score (nSPS) is 14.4. The van der Waals surface area contributed by atoms with E-state index >= 15 is 0 Å². The molecule has 39 heavy (non-hydrogen) atoms. The molecule has 0 heteroatoms. The van der Waals surface area contributed by atoms with E-state index in [1.54, 1.807) is 0 Å². The lowest BCUT2D eigenvalue weighted by Gasteiger charge is -2.22. The van der Waals surface area contributed by atoms with Gasteiger partial charge in [-0.05, 0) is 72.7 Å². The van der Waals surface area contributed by atoms with Crippen LogP contribution in [0.25, 0.3) is 34.1 Å². The molecule has 0 spiro atoms. The van der Waals surface area contributed by atoms with E-state index in [-0.39, 0.29) is 0 Å². The third-order valence-electron chi connectivity index (χ3n) is 7.33. The predicted molar refractivity (Wildman–Crippen MR) is 169 cm³/mol. The summed E-state index contributed by atoms with van der Waals surface area (Å²) >= 11 is 0. The van der Waals surface area contributed by atoms with Crippen LogP contribution in [0, 0.1) is 0 Å². The molecule has 0 heterocycles. The van der Waals surface area contributed by atoms with E-state index in [0.29, 0.717) is 0 Å². The summed E-state index contributed by atoms with van der Waals surface area (Å²) in [6, 6.07) is 43.5. The highest BCUT2D eigenvalue weighted by molar-refractivity contribution is 5.92. The van der Waals surface area contributed by atoms with Gasteiger partial charge in [-0.25, -0.2) is 0 Å². The molecule has 0 nitrogen and oxygen atoms in total. The third-order valence-corrected chi connectivity index (χ3v) is 7.33. The van der Waals surface area contributed by atoms with Gasteiger partial charge in [0.25, 0.3) is 0 Å². The van der Waals surface area contributed by atoms with Crippen molar-refractivity contribution in [3.05, 3.63) is 190 Å². The summed E-state index contributed by atoms with van der Waals surface area (Å²) in [5.41, 5.74) is 8.89. The van der Waals surface area contributed by atoms with Gasteiger partial charge in [0.1, 0.15) is 0 Å². The van der Waals surface area contributed by atoms with E-state index in [1.165, 1.54) is 60.2 Å². The van der Waals surface area contributed by atoms with Gasteiger partial charge in [0, 0.05) is 0 Å². The van der Waals surface area contributed by atoms with Crippen LogP contribution in [0.1, 0.15) is 28.7 Å². The van der Waals surface area contributed by atoms with E-state index in [2.05, 4.69) is 152 Å². The van der Waals surface area contributed by atoms with Crippen molar-refractivity contribution in [2.24, 2.45) is 0 Å². The quantitative estimate of drug-likeness (QED) is 0.163. The highest BCUT2D eigenvalue weighted by Gasteiger charge is 2.20. The third kappa shape index (κ3) is 5.10. The number of benzene rings is 5. The minimum atomic E-state index is 0.844. The molecule has 6 rings (SSSR count). The van der Waals surface area contributed by atoms with Gasteiger partial charge in [-0.3, -0.25) is 0 Å². The summed E-state index contributed by atoms with van der Waals surface area (Å²) < 4.78 is 0. The maximum Gasteiger partial charge on any atom is -0.000706 e. The molecule has 0 N–H and O–H groups in total. The predicted octanol–water partition coefficient (Wildman–Crippen LogP) is 8.48. The molecular formula is C39H30. The first-order chi connectivity index (χ1) is 19.3. The Kier molecular flexibility index (Phi) is 7.01. The molecule has 0 aliphatic heterocycles. The second-order valence-electron chi connectivity index (χ2n) is 9.78. The Morgan fingerprint density at radius 1 is 0.590 bits per heavy atom. The molecule has 186 valence electrons. The molecular weight excluding hydrogens is 468 g/mol. The van der Waals surface area contributed by atoms with Crippen molar-refractivity contribution >= 4 is 34.1 Å². The Morgan fingerprint density at radius 3 is 2.15 bits per heavy atom. The number of fused-ring (bicyclic) bond motifs is 2. The molecule has 0 saturated heterocycles. The van der Waals surface area contributed by atoms with Crippen molar-refractivity contribution in [2.75, 3.05) is 0 Å². The molecule has 0 saturated carbocycles. The van der Waals surface area contributed by atoms with Crippen molar-refractivity contribution in [1.82, 2.24) is 0 Å². The van der Waals surface area contributed by atoms with Crippen molar-refractivity contribution in [1.29, 1.82) is 0 Å². The lowest BCUT2D eigenvalue weighted by Crippen LogP contribution is -2.33. The largest absolute Gasteiger partial charge is 0.0991 e. The van der Waals surface area contributed by atoms with Gasteiger partial charge < -0.3 is 0 Å². The monoisotopic (exact) mass is 498 g/mol. The molecule has 0 radical (unpaired) electrons. The van der Waals surface area contributed by atoms with Crippen LogP contribution in [0.2, 0.25) is 0 Å². The highest BCUT2D eigenvalue weighted by atomic mass is 14.2. The Balaban J connectivity index is 1.61. The lowest BCUT2D eigenvalue weighted by atomic mass is 9.81. The van der Waals surface area contributed by atoms with Crippen molar-refractivity contribution in [2.45, 2.75) is 6.42 Å². The summed E-state index contributed by atoms with van der Waals surface area (Å²) in [5.74, 6) is 0. The fourth-order valence-corrected chi connectivity index (χ4v) is 5.50. The van der Waals surface area contributed by atoms with Gasteiger partial charge in [0.05, 0.1) is 0 Å². The highest BCUT2D eigenvalue weighted by Crippen LogP contribution is 2.34. The second kappa shape index (κ2) is 11.2. The van der Waals surface area contributed by atoms with Crippen LogP contribution in [0.5, 0.6) is 0 Å². The van der Waals surface area contributed by atoms with E-state index < -0.39 is 0 Å². The van der Waals surface area contributed by atoms with Crippen molar-refractivity contribution in [3.63, 3.8) is 0 Å². The van der Waals surface area contributed by atoms with Crippen LogP contribution in [-0.2, 0) is 0 Å². The van der Waals surface area contributed by atoms with Crippen LogP contribution in [0.3, 0.4) is 0 Å². The fourth-order valence-electron chi connectivity index (χ4n) is 5.50. The number of hydrogen-bond acceptors (Lipinski definition) is 0. The molecule has 1 aliphatic rings. The van der Waals surface area contributed by atoms with Gasteiger partial charge in [-0.2, -0.15) is 0 Å². The Hall–Kier alpha value is -4.94. The minimum Gasteiger partial charge on any atom is -0.0991 e. The zero-order valence-corrected chi connectivity index (χ0v) is 21.9. The van der Waals surface area contributed by atoms with Crippen LogP contribution in [-0.4, -0.2) is 0 Å². The van der Waals surface area contributed by atoms with E-state index in [0.717, 1.165) is 6.42 Å². The van der Waals surface area contributed by atoms with Crippen LogP contribution >= 0.6 is 0 Å². The topological polar surface area (TPSA) is 0 Å². The van der Waals surface area contributed by atoms with Crippen LogP contribution in [0.4, 0.5) is 0 Å². The average Bonchev–Trinajstić information content (AvgIpc) is 3.00. The maximum atomic E-state index is 3.87. The van der Waals surface area contributed by atoms with Gasteiger partial charge in [0.2, 0.25) is 0 Å². The smallest absolute Gasteiger partial charge is 0.000706 e. The number of allylic oxidation sites excluding steroid dienone is 5. The first-order valence-corrected chi connectivity index (χ1v) is 13.4. The zero-order chi connectivity index (χ0) is 26.4. The van der Waals surface area contributed by atoms with Crippen LogP contribution in [0.15, 0.2) is 158 Å². The first kappa shape index (κ1) is 24.4. The molecule has 0 atom stereocenters. The van der Waals surface area contributed by atoms with Gasteiger partial charge in [-0.15, -0.1) is 0 Å². The van der Waals surface area contributed by atoms with Crippen molar-refractivity contribution in [3.8, 4) is 0 Å².